The van der Waals surface area contributed by atoms with Crippen molar-refractivity contribution in [3.8, 4) is 0 Å². The van der Waals surface area contributed by atoms with Crippen LogP contribution in [-0.4, -0.2) is 25.4 Å². The Balaban J connectivity index is 2.52. The van der Waals surface area contributed by atoms with Gasteiger partial charge in [-0.15, -0.1) is 0 Å². The zero-order chi connectivity index (χ0) is 13.5. The van der Waals surface area contributed by atoms with E-state index in [1.807, 2.05) is 6.07 Å². The highest BCUT2D eigenvalue weighted by atomic mass is 79.9. The number of anilines is 1. The molecule has 0 bridgehead atoms. The van der Waals surface area contributed by atoms with Crippen molar-refractivity contribution < 1.29 is 4.74 Å². The molecule has 0 saturated carbocycles. The first-order valence-electron chi connectivity index (χ1n) is 5.23. The molecule has 0 aliphatic carbocycles. The smallest absolute Gasteiger partial charge is 0.170 e. The highest BCUT2D eigenvalue weighted by Gasteiger charge is 2.09. The molecule has 0 atom stereocenters. The second-order valence-corrected chi connectivity index (χ2v) is 5.47. The molecule has 1 aromatic carbocycles. The van der Waals surface area contributed by atoms with E-state index < -0.39 is 0 Å². The van der Waals surface area contributed by atoms with Crippen molar-refractivity contribution >= 4 is 62.1 Å². The largest absolute Gasteiger partial charge is 0.385 e. The summed E-state index contributed by atoms with van der Waals surface area (Å²) in [6.45, 7) is 1.43. The molecule has 0 spiro atoms. The molecule has 18 heavy (non-hydrogen) atoms. The van der Waals surface area contributed by atoms with Gasteiger partial charge in [-0.2, -0.15) is 0 Å². The number of hydrogen-bond acceptors (Lipinski definition) is 2. The number of hydrogen-bond donors (Lipinski definition) is 2. The summed E-state index contributed by atoms with van der Waals surface area (Å²) in [6, 6.07) is 3.62. The Morgan fingerprint density at radius 1 is 1.39 bits per heavy atom. The molecule has 2 N–H and O–H groups in total. The van der Waals surface area contributed by atoms with E-state index in [0.29, 0.717) is 27.5 Å². The van der Waals surface area contributed by atoms with Gasteiger partial charge in [-0.25, -0.2) is 0 Å². The van der Waals surface area contributed by atoms with E-state index in [-0.39, 0.29) is 0 Å². The van der Waals surface area contributed by atoms with Gasteiger partial charge < -0.3 is 15.4 Å². The summed E-state index contributed by atoms with van der Waals surface area (Å²) >= 11 is 20.6. The Labute approximate surface area is 130 Å². The van der Waals surface area contributed by atoms with E-state index >= 15 is 0 Å². The summed E-state index contributed by atoms with van der Waals surface area (Å²) in [4.78, 5) is 0. The van der Waals surface area contributed by atoms with Crippen molar-refractivity contribution in [1.29, 1.82) is 0 Å². The SMILES string of the molecule is COCCCNC(=S)Nc1ccc(Br)c(Cl)c1Cl. The Bertz CT molecular complexity index is 432. The van der Waals surface area contributed by atoms with Crippen LogP contribution < -0.4 is 10.6 Å². The number of nitrogens with one attached hydrogen (secondary N) is 2. The van der Waals surface area contributed by atoms with Gasteiger partial charge in [-0.1, -0.05) is 23.2 Å². The molecule has 0 heterocycles. The summed E-state index contributed by atoms with van der Waals surface area (Å²) in [7, 11) is 1.67. The van der Waals surface area contributed by atoms with Crippen LogP contribution in [0.25, 0.3) is 0 Å². The van der Waals surface area contributed by atoms with E-state index in [1.54, 1.807) is 13.2 Å². The molecule has 0 aliphatic rings. The molecule has 3 nitrogen and oxygen atoms in total. The third-order valence-electron chi connectivity index (χ3n) is 2.09. The summed E-state index contributed by atoms with van der Waals surface area (Å²) < 4.78 is 5.69. The fraction of sp³-hybridized carbons (Fsp3) is 0.364. The van der Waals surface area contributed by atoms with Crippen molar-refractivity contribution in [2.45, 2.75) is 6.42 Å². The first-order chi connectivity index (χ1) is 8.56. The van der Waals surface area contributed by atoms with E-state index in [9.17, 15) is 0 Å². The van der Waals surface area contributed by atoms with Crippen LogP contribution in [0.1, 0.15) is 6.42 Å². The van der Waals surface area contributed by atoms with Gasteiger partial charge in [0.05, 0.1) is 15.7 Å². The molecule has 100 valence electrons. The molecule has 0 saturated heterocycles. The molecule has 0 radical (unpaired) electrons. The summed E-state index contributed by atoms with van der Waals surface area (Å²) in [5.74, 6) is 0. The quantitative estimate of drug-likeness (QED) is 0.464. The molecule has 7 heteroatoms. The molecule has 1 aromatic rings. The average Bonchev–Trinajstić information content (AvgIpc) is 2.35. The highest BCUT2D eigenvalue weighted by Crippen LogP contribution is 2.35. The minimum atomic E-state index is 0.437. The van der Waals surface area contributed by atoms with Gasteiger partial charge in [-0.3, -0.25) is 0 Å². The Morgan fingerprint density at radius 2 is 2.11 bits per heavy atom. The van der Waals surface area contributed by atoms with Crippen molar-refractivity contribution in [1.82, 2.24) is 5.32 Å². The molecular weight excluding hydrogens is 359 g/mol. The van der Waals surface area contributed by atoms with Gasteiger partial charge in [0.25, 0.3) is 0 Å². The van der Waals surface area contributed by atoms with Crippen LogP contribution in [0.3, 0.4) is 0 Å². The lowest BCUT2D eigenvalue weighted by atomic mass is 10.3. The molecule has 0 unspecified atom stereocenters. The van der Waals surface area contributed by atoms with Crippen molar-refractivity contribution in [2.75, 3.05) is 25.6 Å². The van der Waals surface area contributed by atoms with Gasteiger partial charge in [0.2, 0.25) is 0 Å². The maximum Gasteiger partial charge on any atom is 0.170 e. The zero-order valence-corrected chi connectivity index (χ0v) is 13.6. The Kier molecular flexibility index (Phi) is 7.26. The predicted molar refractivity (Wildman–Crippen MR) is 84.9 cm³/mol. The van der Waals surface area contributed by atoms with Crippen LogP contribution in [0.4, 0.5) is 5.69 Å². The third-order valence-corrected chi connectivity index (χ3v) is 4.11. The second kappa shape index (κ2) is 8.17. The monoisotopic (exact) mass is 370 g/mol. The number of ether oxygens (including phenoxy) is 1. The molecule has 0 aliphatic heterocycles. The van der Waals surface area contributed by atoms with Crippen LogP contribution in [-0.2, 0) is 4.74 Å². The topological polar surface area (TPSA) is 33.3 Å². The highest BCUT2D eigenvalue weighted by molar-refractivity contribution is 9.10. The maximum absolute atomic E-state index is 6.09. The van der Waals surface area contributed by atoms with Gasteiger partial charge in [0.15, 0.2) is 5.11 Å². The molecule has 1 rings (SSSR count). The number of rotatable bonds is 5. The maximum atomic E-state index is 6.09. The minimum absolute atomic E-state index is 0.437. The van der Waals surface area contributed by atoms with Crippen LogP contribution in [0.15, 0.2) is 16.6 Å². The summed E-state index contributed by atoms with van der Waals surface area (Å²) in [6.07, 6.45) is 0.882. The van der Waals surface area contributed by atoms with Gasteiger partial charge >= 0.3 is 0 Å². The van der Waals surface area contributed by atoms with Crippen molar-refractivity contribution in [3.63, 3.8) is 0 Å². The summed E-state index contributed by atoms with van der Waals surface area (Å²) in [5.41, 5.74) is 0.675. The van der Waals surface area contributed by atoms with Gasteiger partial charge in [0.1, 0.15) is 0 Å². The minimum Gasteiger partial charge on any atom is -0.385 e. The Morgan fingerprint density at radius 3 is 2.78 bits per heavy atom. The first kappa shape index (κ1) is 16.0. The lowest BCUT2D eigenvalue weighted by Crippen LogP contribution is -2.29. The molecule has 0 aromatic heterocycles. The van der Waals surface area contributed by atoms with E-state index in [1.165, 1.54) is 0 Å². The van der Waals surface area contributed by atoms with Gasteiger partial charge in [-0.05, 0) is 46.7 Å². The molecule has 0 amide bonds. The van der Waals surface area contributed by atoms with Gasteiger partial charge in [0, 0.05) is 24.7 Å². The molecular formula is C11H13BrCl2N2OS. The normalized spacial score (nSPS) is 10.2. The third kappa shape index (κ3) is 4.90. The number of benzene rings is 1. The van der Waals surface area contributed by atoms with E-state index in [4.69, 9.17) is 40.2 Å². The number of methoxy groups -OCH3 is 1. The lowest BCUT2D eigenvalue weighted by Gasteiger charge is -2.12. The Hall–Kier alpha value is -0.0700. The average molecular weight is 372 g/mol. The second-order valence-electron chi connectivity index (χ2n) is 3.45. The number of thiocarbonyl (C=S) groups is 1. The van der Waals surface area contributed by atoms with Crippen molar-refractivity contribution in [2.24, 2.45) is 0 Å². The van der Waals surface area contributed by atoms with Crippen LogP contribution in [0.5, 0.6) is 0 Å². The van der Waals surface area contributed by atoms with E-state index in [2.05, 4.69) is 26.6 Å². The van der Waals surface area contributed by atoms with Crippen molar-refractivity contribution in [3.05, 3.63) is 26.7 Å². The fourth-order valence-electron chi connectivity index (χ4n) is 1.21. The predicted octanol–water partition coefficient (Wildman–Crippen LogP) is 4.08. The molecule has 0 fully saturated rings. The first-order valence-corrected chi connectivity index (χ1v) is 7.19. The lowest BCUT2D eigenvalue weighted by molar-refractivity contribution is 0.196. The van der Waals surface area contributed by atoms with Crippen LogP contribution >= 0.6 is 51.3 Å². The number of halogens is 3. The summed E-state index contributed by atoms with van der Waals surface area (Å²) in [5, 5.41) is 7.46. The zero-order valence-electron chi connectivity index (χ0n) is 9.73. The standard InChI is InChI=1S/C11H13BrCl2N2OS/c1-17-6-2-5-15-11(18)16-8-4-3-7(12)9(13)10(8)14/h3-4H,2,5-6H2,1H3,(H2,15,16,18). The fourth-order valence-corrected chi connectivity index (χ4v) is 2.24. The van der Waals surface area contributed by atoms with Crippen LogP contribution in [0, 0.1) is 0 Å². The van der Waals surface area contributed by atoms with Crippen LogP contribution in [0.2, 0.25) is 10.0 Å². The van der Waals surface area contributed by atoms with E-state index in [0.717, 1.165) is 17.4 Å².